The van der Waals surface area contributed by atoms with Gasteiger partial charge in [0.05, 0.1) is 5.69 Å². The van der Waals surface area contributed by atoms with E-state index in [1.807, 2.05) is 4.90 Å². The quantitative estimate of drug-likeness (QED) is 0.881. The molecule has 9 heteroatoms. The second-order valence-electron chi connectivity index (χ2n) is 5.16. The van der Waals surface area contributed by atoms with Crippen molar-refractivity contribution in [2.24, 2.45) is 5.14 Å². The third kappa shape index (κ3) is 3.25. The van der Waals surface area contributed by atoms with Crippen molar-refractivity contribution in [1.29, 1.82) is 0 Å². The maximum atomic E-state index is 13.7. The van der Waals surface area contributed by atoms with Gasteiger partial charge in [0.15, 0.2) is 5.82 Å². The molecule has 0 radical (unpaired) electrons. The number of benzene rings is 1. The minimum atomic E-state index is -3.79. The number of nitrogens with two attached hydrogens (primary N) is 1. The number of piperazine rings is 1. The fraction of sp³-hybridized carbons (Fsp3) is 0.286. The highest BCUT2D eigenvalue weighted by atomic mass is 32.2. The van der Waals surface area contributed by atoms with Crippen LogP contribution in [0.3, 0.4) is 0 Å². The molecular formula is C14H16FN5O2S. The standard InChI is InChI=1S/C14H16FN5O2S/c15-13-14(18-6-5-17-13)20-9-7-19(8-10-20)11-3-1-2-4-12(11)23(16,21)22/h1-6H,7-10H2,(H2,16,21,22). The van der Waals surface area contributed by atoms with E-state index in [4.69, 9.17) is 5.14 Å². The third-order valence-electron chi connectivity index (χ3n) is 3.73. The van der Waals surface area contributed by atoms with Crippen molar-refractivity contribution in [3.05, 3.63) is 42.6 Å². The monoisotopic (exact) mass is 337 g/mol. The molecule has 3 rings (SSSR count). The molecule has 1 aromatic carbocycles. The van der Waals surface area contributed by atoms with Gasteiger partial charge in [0.1, 0.15) is 4.90 Å². The van der Waals surface area contributed by atoms with Gasteiger partial charge in [-0.15, -0.1) is 0 Å². The zero-order valence-electron chi connectivity index (χ0n) is 12.3. The Morgan fingerprint density at radius 2 is 1.61 bits per heavy atom. The lowest BCUT2D eigenvalue weighted by molar-refractivity contribution is 0.555. The summed E-state index contributed by atoms with van der Waals surface area (Å²) in [5.74, 6) is -0.391. The predicted molar refractivity (Wildman–Crippen MR) is 84.2 cm³/mol. The zero-order valence-corrected chi connectivity index (χ0v) is 13.1. The van der Waals surface area contributed by atoms with Crippen molar-refractivity contribution in [2.75, 3.05) is 36.0 Å². The SMILES string of the molecule is NS(=O)(=O)c1ccccc1N1CCN(c2nccnc2F)CC1. The molecule has 23 heavy (non-hydrogen) atoms. The van der Waals surface area contributed by atoms with Gasteiger partial charge in [-0.25, -0.2) is 23.5 Å². The zero-order chi connectivity index (χ0) is 16.4. The van der Waals surface area contributed by atoms with Crippen LogP contribution in [0.2, 0.25) is 0 Å². The molecule has 122 valence electrons. The molecule has 0 bridgehead atoms. The van der Waals surface area contributed by atoms with Gasteiger partial charge in [-0.2, -0.15) is 4.39 Å². The third-order valence-corrected chi connectivity index (χ3v) is 4.69. The first kappa shape index (κ1) is 15.6. The molecule has 0 atom stereocenters. The Kier molecular flexibility index (Phi) is 4.14. The molecule has 0 saturated carbocycles. The van der Waals surface area contributed by atoms with E-state index in [9.17, 15) is 12.8 Å². The summed E-state index contributed by atoms with van der Waals surface area (Å²) in [5, 5.41) is 5.27. The lowest BCUT2D eigenvalue weighted by Gasteiger charge is -2.37. The van der Waals surface area contributed by atoms with E-state index in [0.717, 1.165) is 0 Å². The largest absolute Gasteiger partial charge is 0.367 e. The highest BCUT2D eigenvalue weighted by molar-refractivity contribution is 7.89. The normalized spacial score (nSPS) is 15.7. The first-order valence-electron chi connectivity index (χ1n) is 7.05. The van der Waals surface area contributed by atoms with Crippen LogP contribution in [0.4, 0.5) is 15.9 Å². The molecule has 1 saturated heterocycles. The number of nitrogens with zero attached hydrogens (tertiary/aromatic N) is 4. The van der Waals surface area contributed by atoms with Crippen molar-refractivity contribution in [3.8, 4) is 0 Å². The number of para-hydroxylation sites is 1. The summed E-state index contributed by atoms with van der Waals surface area (Å²) < 4.78 is 37.1. The average Bonchev–Trinajstić information content (AvgIpc) is 2.55. The van der Waals surface area contributed by atoms with Crippen molar-refractivity contribution in [1.82, 2.24) is 9.97 Å². The van der Waals surface area contributed by atoms with Crippen LogP contribution >= 0.6 is 0 Å². The van der Waals surface area contributed by atoms with Gasteiger partial charge in [-0.1, -0.05) is 12.1 Å². The number of anilines is 2. The van der Waals surface area contributed by atoms with Crippen molar-refractivity contribution >= 4 is 21.5 Å². The first-order valence-corrected chi connectivity index (χ1v) is 8.59. The molecule has 2 N–H and O–H groups in total. The molecule has 2 aromatic rings. The fourth-order valence-electron chi connectivity index (χ4n) is 2.64. The summed E-state index contributed by atoms with van der Waals surface area (Å²) in [6.07, 6.45) is 2.75. The van der Waals surface area contributed by atoms with E-state index in [2.05, 4.69) is 9.97 Å². The van der Waals surface area contributed by atoms with Gasteiger partial charge in [0.2, 0.25) is 10.0 Å². The van der Waals surface area contributed by atoms with E-state index < -0.39 is 16.0 Å². The van der Waals surface area contributed by atoms with Crippen LogP contribution in [0, 0.1) is 5.95 Å². The summed E-state index contributed by atoms with van der Waals surface area (Å²) in [6.45, 7) is 2.08. The average molecular weight is 337 g/mol. The highest BCUT2D eigenvalue weighted by Gasteiger charge is 2.24. The Bertz CT molecular complexity index is 806. The van der Waals surface area contributed by atoms with Crippen LogP contribution in [0.5, 0.6) is 0 Å². The molecule has 1 fully saturated rings. The number of aromatic nitrogens is 2. The van der Waals surface area contributed by atoms with Gasteiger partial charge in [-0.3, -0.25) is 0 Å². The van der Waals surface area contributed by atoms with Gasteiger partial charge >= 0.3 is 0 Å². The first-order chi connectivity index (χ1) is 11.0. The van der Waals surface area contributed by atoms with Crippen molar-refractivity contribution < 1.29 is 12.8 Å². The number of hydrogen-bond acceptors (Lipinski definition) is 6. The summed E-state index contributed by atoms with van der Waals surface area (Å²) in [4.78, 5) is 11.4. The number of hydrogen-bond donors (Lipinski definition) is 1. The Hall–Kier alpha value is -2.26. The van der Waals surface area contributed by atoms with Crippen molar-refractivity contribution in [3.63, 3.8) is 0 Å². The molecule has 7 nitrogen and oxygen atoms in total. The van der Waals surface area contributed by atoms with E-state index in [0.29, 0.717) is 31.9 Å². The van der Waals surface area contributed by atoms with Crippen molar-refractivity contribution in [2.45, 2.75) is 4.90 Å². The highest BCUT2D eigenvalue weighted by Crippen LogP contribution is 2.26. The van der Waals surface area contributed by atoms with Gasteiger partial charge in [0.25, 0.3) is 5.95 Å². The second-order valence-corrected chi connectivity index (χ2v) is 6.69. The predicted octanol–water partition coefficient (Wildman–Crippen LogP) is 0.590. The van der Waals surface area contributed by atoms with Crippen LogP contribution in [0.25, 0.3) is 0 Å². The number of primary sulfonamides is 1. The minimum absolute atomic E-state index is 0.0964. The van der Waals surface area contributed by atoms with Gasteiger partial charge in [-0.05, 0) is 12.1 Å². The number of rotatable bonds is 3. The molecule has 0 aliphatic carbocycles. The second kappa shape index (κ2) is 6.09. The fourth-order valence-corrected chi connectivity index (χ4v) is 3.40. The van der Waals surface area contributed by atoms with E-state index >= 15 is 0 Å². The van der Waals surface area contributed by atoms with Crippen LogP contribution in [-0.2, 0) is 10.0 Å². The summed E-state index contributed by atoms with van der Waals surface area (Å²) in [6, 6.07) is 6.60. The maximum Gasteiger partial charge on any atom is 0.255 e. The molecule has 0 spiro atoms. The lowest BCUT2D eigenvalue weighted by Crippen LogP contribution is -2.47. The molecule has 0 amide bonds. The van der Waals surface area contributed by atoms with E-state index in [-0.39, 0.29) is 10.7 Å². The van der Waals surface area contributed by atoms with E-state index in [1.54, 1.807) is 23.1 Å². The topological polar surface area (TPSA) is 92.4 Å². The number of sulfonamides is 1. The Balaban J connectivity index is 1.79. The summed E-state index contributed by atoms with van der Waals surface area (Å²) in [5.41, 5.74) is 0.564. The molecule has 0 unspecified atom stereocenters. The van der Waals surface area contributed by atoms with Crippen LogP contribution in [-0.4, -0.2) is 44.6 Å². The minimum Gasteiger partial charge on any atom is -0.367 e. The van der Waals surface area contributed by atoms with Crippen LogP contribution in [0.15, 0.2) is 41.6 Å². The molecule has 1 aliphatic rings. The van der Waals surface area contributed by atoms with E-state index in [1.165, 1.54) is 18.5 Å². The Morgan fingerprint density at radius 1 is 1.00 bits per heavy atom. The number of halogens is 1. The summed E-state index contributed by atoms with van der Waals surface area (Å²) >= 11 is 0. The smallest absolute Gasteiger partial charge is 0.255 e. The Labute approximate surface area is 133 Å². The lowest BCUT2D eigenvalue weighted by atomic mass is 10.2. The van der Waals surface area contributed by atoms with Gasteiger partial charge in [0, 0.05) is 38.6 Å². The molecule has 1 aromatic heterocycles. The molecule has 2 heterocycles. The van der Waals surface area contributed by atoms with Crippen LogP contribution in [0.1, 0.15) is 0 Å². The summed E-state index contributed by atoms with van der Waals surface area (Å²) in [7, 11) is -3.79. The maximum absolute atomic E-state index is 13.7. The van der Waals surface area contributed by atoms with Gasteiger partial charge < -0.3 is 9.80 Å². The molecule has 1 aliphatic heterocycles. The van der Waals surface area contributed by atoms with Crippen LogP contribution < -0.4 is 14.9 Å². The molecular weight excluding hydrogens is 321 g/mol. The Morgan fingerprint density at radius 3 is 2.26 bits per heavy atom.